The molecule has 2 aromatic rings. The third kappa shape index (κ3) is 17.9. The van der Waals surface area contributed by atoms with Crippen LogP contribution < -0.4 is 10.6 Å². The minimum Gasteiger partial charge on any atom is -0.480 e. The molecule has 0 aliphatic carbocycles. The third-order valence-electron chi connectivity index (χ3n) is 10.4. The Hall–Kier alpha value is -3.96. The number of nitrogens with one attached hydrogen (secondary N) is 2. The number of unbranched alkanes of at least 4 members (excludes halogenated alkanes) is 11. The smallest absolute Gasteiger partial charge is 0.341 e. The summed E-state index contributed by atoms with van der Waals surface area (Å²) in [6.45, 7) is 8.94. The number of halogens is 2. The Balaban J connectivity index is 1.74. The van der Waals surface area contributed by atoms with Crippen molar-refractivity contribution in [3.63, 3.8) is 0 Å². The average molecular weight is 847 g/mol. The van der Waals surface area contributed by atoms with Crippen molar-refractivity contribution in [1.29, 1.82) is 0 Å². The maximum absolute atomic E-state index is 13.8. The highest BCUT2D eigenvalue weighted by Gasteiger charge is 2.34. The van der Waals surface area contributed by atoms with E-state index in [0.29, 0.717) is 31.2 Å². The molecule has 0 spiro atoms. The molecule has 58 heavy (non-hydrogen) atoms. The lowest BCUT2D eigenvalue weighted by molar-refractivity contribution is -0.151. The standard InChI is InChI=1S/C45H65Cl2N3O8/c1-6-7-28-38(44(55)56)50(43(54)32(4)48-42(53)40(31(2)3)49-41(52)34-23-19-17-20-24-34)29-21-16-14-12-10-8-9-11-13-15-18-25-35(33(5)51)30-58-45(57)39-36(46)26-22-27-37(39)47/h17,19-20,22-24,26-27,31-32,35,38,40H,6-16,18,21,25,28-30H2,1-5H3,(H,48,53)(H,49,52)(H,55,56)/t32-,35?,38-,40-/m0/s1. The van der Waals surface area contributed by atoms with E-state index in [4.69, 9.17) is 27.9 Å². The van der Waals surface area contributed by atoms with Crippen LogP contribution in [0, 0.1) is 11.8 Å². The van der Waals surface area contributed by atoms with Crippen LogP contribution >= 0.6 is 23.2 Å². The van der Waals surface area contributed by atoms with Gasteiger partial charge in [0.15, 0.2) is 0 Å². The lowest BCUT2D eigenvalue weighted by atomic mass is 9.97. The summed E-state index contributed by atoms with van der Waals surface area (Å²) in [5, 5.41) is 16.1. The van der Waals surface area contributed by atoms with E-state index in [-0.39, 0.29) is 46.4 Å². The Morgan fingerprint density at radius 1 is 0.724 bits per heavy atom. The van der Waals surface area contributed by atoms with E-state index in [1.807, 2.05) is 20.8 Å². The van der Waals surface area contributed by atoms with Crippen molar-refractivity contribution >= 4 is 58.6 Å². The van der Waals surface area contributed by atoms with Gasteiger partial charge in [0.25, 0.3) is 5.91 Å². The fourth-order valence-corrected chi connectivity index (χ4v) is 7.35. The molecule has 2 aromatic carbocycles. The summed E-state index contributed by atoms with van der Waals surface area (Å²) >= 11 is 12.2. The van der Waals surface area contributed by atoms with Gasteiger partial charge in [-0.2, -0.15) is 0 Å². The molecular weight excluding hydrogens is 781 g/mol. The highest BCUT2D eigenvalue weighted by molar-refractivity contribution is 6.39. The molecule has 2 rings (SSSR count). The molecule has 0 fully saturated rings. The number of benzene rings is 2. The SMILES string of the molecule is CCCC[C@@H](C(=O)O)N(CCCCCCCCCCCCCC(COC(=O)c1c(Cl)cccc1Cl)C(C)=O)C(=O)[C@H](C)NC(=O)[C@@H](NC(=O)c1ccccc1)C(C)C. The molecule has 3 amide bonds. The number of hydrogen-bond acceptors (Lipinski definition) is 7. The number of rotatable bonds is 29. The zero-order valence-corrected chi connectivity index (χ0v) is 36.5. The van der Waals surface area contributed by atoms with Crippen LogP contribution in [0.5, 0.6) is 0 Å². The fourth-order valence-electron chi connectivity index (χ4n) is 6.80. The Kier molecular flexibility index (Phi) is 23.9. The van der Waals surface area contributed by atoms with Gasteiger partial charge in [-0.05, 0) is 63.3 Å². The Morgan fingerprint density at radius 2 is 1.28 bits per heavy atom. The molecule has 0 aliphatic rings. The van der Waals surface area contributed by atoms with Gasteiger partial charge in [-0.15, -0.1) is 0 Å². The number of carboxylic acid groups (broad SMARTS) is 1. The van der Waals surface area contributed by atoms with E-state index < -0.39 is 47.8 Å². The van der Waals surface area contributed by atoms with Gasteiger partial charge in [-0.3, -0.25) is 19.2 Å². The van der Waals surface area contributed by atoms with Crippen LogP contribution in [0.4, 0.5) is 0 Å². The van der Waals surface area contributed by atoms with Crippen molar-refractivity contribution in [2.24, 2.45) is 11.8 Å². The number of carboxylic acids is 1. The Labute approximate surface area is 355 Å². The number of esters is 1. The van der Waals surface area contributed by atoms with Crippen LogP contribution in [0.1, 0.15) is 152 Å². The van der Waals surface area contributed by atoms with Crippen molar-refractivity contribution in [2.45, 2.75) is 149 Å². The zero-order chi connectivity index (χ0) is 43.0. The summed E-state index contributed by atoms with van der Waals surface area (Å²) in [5.74, 6) is -3.68. The van der Waals surface area contributed by atoms with E-state index >= 15 is 0 Å². The molecule has 0 heterocycles. The Bertz CT molecular complexity index is 1590. The first-order valence-electron chi connectivity index (χ1n) is 21.0. The lowest BCUT2D eigenvalue weighted by Gasteiger charge is -2.32. The number of nitrogens with zero attached hydrogens (tertiary/aromatic N) is 1. The van der Waals surface area contributed by atoms with Crippen LogP contribution in [0.25, 0.3) is 0 Å². The summed E-state index contributed by atoms with van der Waals surface area (Å²) in [4.78, 5) is 78.4. The van der Waals surface area contributed by atoms with Gasteiger partial charge >= 0.3 is 11.9 Å². The number of Topliss-reactive ketones (excluding diaryl/α,β-unsaturated/α-hetero) is 1. The molecule has 11 nitrogen and oxygen atoms in total. The molecule has 0 saturated heterocycles. The Morgan fingerprint density at radius 3 is 1.79 bits per heavy atom. The fraction of sp³-hybridized carbons (Fsp3) is 0.600. The second-order valence-corrected chi connectivity index (χ2v) is 16.3. The number of ketones is 1. The molecule has 322 valence electrons. The minimum absolute atomic E-state index is 0.00287. The van der Waals surface area contributed by atoms with E-state index in [9.17, 15) is 33.9 Å². The number of carbonyl (C=O) groups excluding carboxylic acids is 5. The van der Waals surface area contributed by atoms with Crippen molar-refractivity contribution in [3.8, 4) is 0 Å². The molecular formula is C45H65Cl2N3O8. The first kappa shape index (κ1) is 50.2. The second-order valence-electron chi connectivity index (χ2n) is 15.5. The summed E-state index contributed by atoms with van der Waals surface area (Å²) in [5.41, 5.74) is 0.527. The predicted molar refractivity (Wildman–Crippen MR) is 229 cm³/mol. The predicted octanol–water partition coefficient (Wildman–Crippen LogP) is 9.47. The molecule has 0 bridgehead atoms. The van der Waals surface area contributed by atoms with Gasteiger partial charge in [0.2, 0.25) is 11.8 Å². The molecule has 4 atom stereocenters. The third-order valence-corrected chi connectivity index (χ3v) is 11.0. The largest absolute Gasteiger partial charge is 0.480 e. The summed E-state index contributed by atoms with van der Waals surface area (Å²) in [7, 11) is 0. The molecule has 0 aromatic heterocycles. The lowest BCUT2D eigenvalue weighted by Crippen LogP contribution is -2.57. The summed E-state index contributed by atoms with van der Waals surface area (Å²) in [6.07, 6.45) is 13.3. The van der Waals surface area contributed by atoms with Crippen molar-refractivity contribution in [2.75, 3.05) is 13.2 Å². The first-order chi connectivity index (χ1) is 27.7. The van der Waals surface area contributed by atoms with E-state index in [1.165, 1.54) is 11.8 Å². The molecule has 1 unspecified atom stereocenters. The quantitative estimate of drug-likeness (QED) is 0.0540. The van der Waals surface area contributed by atoms with Gasteiger partial charge in [0.05, 0.1) is 21.5 Å². The normalized spacial score (nSPS) is 13.2. The van der Waals surface area contributed by atoms with Gasteiger partial charge < -0.3 is 25.4 Å². The van der Waals surface area contributed by atoms with Crippen molar-refractivity contribution < 1.29 is 38.6 Å². The van der Waals surface area contributed by atoms with Crippen LogP contribution in [0.3, 0.4) is 0 Å². The van der Waals surface area contributed by atoms with Crippen LogP contribution in [0.15, 0.2) is 48.5 Å². The highest BCUT2D eigenvalue weighted by Crippen LogP contribution is 2.26. The molecule has 13 heteroatoms. The topological polar surface area (TPSA) is 159 Å². The van der Waals surface area contributed by atoms with Gasteiger partial charge in [-0.25, -0.2) is 9.59 Å². The van der Waals surface area contributed by atoms with E-state index in [2.05, 4.69) is 10.6 Å². The van der Waals surface area contributed by atoms with Gasteiger partial charge in [0, 0.05) is 12.1 Å². The molecule has 0 aliphatic heterocycles. The number of amides is 3. The monoisotopic (exact) mass is 845 g/mol. The zero-order valence-electron chi connectivity index (χ0n) is 35.0. The number of aliphatic carboxylic acids is 1. The minimum atomic E-state index is -1.06. The average Bonchev–Trinajstić information content (AvgIpc) is 3.18. The number of carbonyl (C=O) groups is 6. The first-order valence-corrected chi connectivity index (χ1v) is 21.8. The molecule has 0 saturated carbocycles. The van der Waals surface area contributed by atoms with E-state index in [1.54, 1.807) is 55.5 Å². The summed E-state index contributed by atoms with van der Waals surface area (Å²) < 4.78 is 5.39. The van der Waals surface area contributed by atoms with Crippen molar-refractivity contribution in [3.05, 3.63) is 69.7 Å². The van der Waals surface area contributed by atoms with Gasteiger partial charge in [-0.1, -0.05) is 145 Å². The molecule has 0 radical (unpaired) electrons. The van der Waals surface area contributed by atoms with E-state index in [0.717, 1.165) is 70.6 Å². The summed E-state index contributed by atoms with van der Waals surface area (Å²) in [6, 6.07) is 10.5. The van der Waals surface area contributed by atoms with Crippen molar-refractivity contribution in [1.82, 2.24) is 15.5 Å². The van der Waals surface area contributed by atoms with Crippen LogP contribution in [-0.2, 0) is 23.9 Å². The number of hydrogen-bond donors (Lipinski definition) is 3. The maximum Gasteiger partial charge on any atom is 0.341 e. The number of ether oxygens (including phenoxy) is 1. The van der Waals surface area contributed by atoms with Gasteiger partial charge in [0.1, 0.15) is 30.5 Å². The van der Waals surface area contributed by atoms with Crippen LogP contribution in [0.2, 0.25) is 10.0 Å². The molecule has 3 N–H and O–H groups in total. The highest BCUT2D eigenvalue weighted by atomic mass is 35.5. The van der Waals surface area contributed by atoms with Crippen LogP contribution in [-0.4, -0.2) is 76.7 Å². The second kappa shape index (κ2) is 27.7. The maximum atomic E-state index is 13.8.